The molecule has 1 aliphatic rings. The number of halogens is 3. The maximum Gasteiger partial charge on any atom is 0.401 e. The van der Waals surface area contributed by atoms with Crippen molar-refractivity contribution in [3.05, 3.63) is 11.7 Å². The molecule has 1 saturated heterocycles. The first kappa shape index (κ1) is 15.2. The van der Waals surface area contributed by atoms with Crippen LogP contribution < -0.4 is 0 Å². The molecule has 0 aliphatic carbocycles. The van der Waals surface area contributed by atoms with E-state index in [0.29, 0.717) is 37.8 Å². The van der Waals surface area contributed by atoms with Gasteiger partial charge in [-0.05, 0) is 13.5 Å². The predicted molar refractivity (Wildman–Crippen MR) is 66.0 cm³/mol. The third kappa shape index (κ3) is 4.17. The van der Waals surface area contributed by atoms with Crippen molar-refractivity contribution < 1.29 is 17.7 Å². The third-order valence-electron chi connectivity index (χ3n) is 3.48. The van der Waals surface area contributed by atoms with E-state index in [2.05, 4.69) is 10.1 Å². The van der Waals surface area contributed by atoms with Crippen LogP contribution in [0, 0.1) is 0 Å². The maximum absolute atomic E-state index is 12.3. The van der Waals surface area contributed by atoms with E-state index in [1.54, 1.807) is 0 Å². The highest BCUT2D eigenvalue weighted by atomic mass is 19.4. The summed E-state index contributed by atoms with van der Waals surface area (Å²) in [5.41, 5.74) is 0. The number of hydrogen-bond donors (Lipinski definition) is 0. The van der Waals surface area contributed by atoms with E-state index in [1.165, 1.54) is 4.90 Å². The first-order valence-electron chi connectivity index (χ1n) is 6.68. The molecule has 0 radical (unpaired) electrons. The molecule has 0 unspecified atom stereocenters. The summed E-state index contributed by atoms with van der Waals surface area (Å²) in [5.74, 6) is 1.16. The fraction of sp³-hybridized carbons (Fsp3) is 0.833. The van der Waals surface area contributed by atoms with Gasteiger partial charge in [0.15, 0.2) is 5.82 Å². The normalized spacial score (nSPS) is 21.0. The van der Waals surface area contributed by atoms with Gasteiger partial charge in [0.2, 0.25) is 5.89 Å². The number of rotatable bonds is 5. The largest absolute Gasteiger partial charge is 0.401 e. The van der Waals surface area contributed by atoms with Crippen molar-refractivity contribution in [2.24, 2.45) is 0 Å². The molecule has 1 atom stereocenters. The second-order valence-corrected chi connectivity index (χ2v) is 5.17. The maximum atomic E-state index is 12.3. The summed E-state index contributed by atoms with van der Waals surface area (Å²) in [6.07, 6.45) is -2.72. The Kier molecular flexibility index (Phi) is 4.64. The highest BCUT2D eigenvalue weighted by molar-refractivity contribution is 4.89. The van der Waals surface area contributed by atoms with E-state index in [0.717, 1.165) is 6.42 Å². The molecule has 0 spiro atoms. The Balaban J connectivity index is 1.83. The Morgan fingerprint density at radius 1 is 1.45 bits per heavy atom. The second-order valence-electron chi connectivity index (χ2n) is 5.17. The summed E-state index contributed by atoms with van der Waals surface area (Å²) in [6, 6.07) is 0.0981. The number of likely N-dealkylation sites (tertiary alicyclic amines) is 1. The minimum absolute atomic E-state index is 0.0981. The average Bonchev–Trinajstić information content (AvgIpc) is 2.96. The molecule has 0 bridgehead atoms. The van der Waals surface area contributed by atoms with Crippen LogP contribution in [-0.4, -0.2) is 58.8 Å². The molecule has 0 aromatic carbocycles. The number of aromatic nitrogens is 2. The molecule has 1 aromatic heterocycles. The molecule has 5 nitrogen and oxygen atoms in total. The van der Waals surface area contributed by atoms with E-state index in [9.17, 15) is 13.2 Å². The van der Waals surface area contributed by atoms with Crippen LogP contribution in [0.25, 0.3) is 0 Å². The van der Waals surface area contributed by atoms with Crippen molar-refractivity contribution in [3.8, 4) is 0 Å². The van der Waals surface area contributed by atoms with Crippen molar-refractivity contribution in [1.82, 2.24) is 19.9 Å². The molecule has 1 aromatic rings. The number of nitrogens with zero attached hydrogens (tertiary/aromatic N) is 4. The van der Waals surface area contributed by atoms with Crippen LogP contribution in [0.2, 0.25) is 0 Å². The minimum atomic E-state index is -4.13. The Morgan fingerprint density at radius 3 is 2.80 bits per heavy atom. The molecule has 2 rings (SSSR count). The standard InChI is InChI=1S/C12H19F3N4O/c1-3-11-16-10(17-20-11)7-18(2)9-4-5-19(6-9)8-12(13,14)15/h9H,3-8H2,1-2H3/t9-/m0/s1. The molecule has 0 saturated carbocycles. The molecule has 114 valence electrons. The highest BCUT2D eigenvalue weighted by Crippen LogP contribution is 2.22. The van der Waals surface area contributed by atoms with Crippen LogP contribution >= 0.6 is 0 Å². The second kappa shape index (κ2) is 6.09. The lowest BCUT2D eigenvalue weighted by Crippen LogP contribution is -2.37. The monoisotopic (exact) mass is 292 g/mol. The third-order valence-corrected chi connectivity index (χ3v) is 3.48. The fourth-order valence-corrected chi connectivity index (χ4v) is 2.42. The van der Waals surface area contributed by atoms with Gasteiger partial charge in [0.25, 0.3) is 0 Å². The van der Waals surface area contributed by atoms with Crippen molar-refractivity contribution in [3.63, 3.8) is 0 Å². The summed E-state index contributed by atoms with van der Waals surface area (Å²) in [6.45, 7) is 2.48. The number of hydrogen-bond acceptors (Lipinski definition) is 5. The van der Waals surface area contributed by atoms with Crippen LogP contribution in [0.15, 0.2) is 4.52 Å². The summed E-state index contributed by atoms with van der Waals surface area (Å²) in [4.78, 5) is 7.63. The molecular weight excluding hydrogens is 273 g/mol. The number of aryl methyl sites for hydroxylation is 1. The summed E-state index contributed by atoms with van der Waals surface area (Å²) in [7, 11) is 1.88. The Labute approximate surface area is 115 Å². The van der Waals surface area contributed by atoms with Crippen LogP contribution in [0.3, 0.4) is 0 Å². The van der Waals surface area contributed by atoms with Crippen LogP contribution in [0.4, 0.5) is 13.2 Å². The van der Waals surface area contributed by atoms with Gasteiger partial charge in [0.05, 0.1) is 13.1 Å². The van der Waals surface area contributed by atoms with Gasteiger partial charge in [-0.2, -0.15) is 18.2 Å². The van der Waals surface area contributed by atoms with E-state index >= 15 is 0 Å². The first-order valence-corrected chi connectivity index (χ1v) is 6.68. The van der Waals surface area contributed by atoms with Gasteiger partial charge in [-0.1, -0.05) is 12.1 Å². The zero-order valence-electron chi connectivity index (χ0n) is 11.7. The predicted octanol–water partition coefficient (Wildman–Crippen LogP) is 1.70. The Bertz CT molecular complexity index is 435. The first-order chi connectivity index (χ1) is 9.37. The van der Waals surface area contributed by atoms with Gasteiger partial charge in [-0.3, -0.25) is 9.80 Å². The lowest BCUT2D eigenvalue weighted by molar-refractivity contribution is -0.143. The van der Waals surface area contributed by atoms with Gasteiger partial charge >= 0.3 is 6.18 Å². The lowest BCUT2D eigenvalue weighted by Gasteiger charge is -2.23. The number of alkyl halides is 3. The summed E-state index contributed by atoms with van der Waals surface area (Å²) < 4.78 is 42.0. The lowest BCUT2D eigenvalue weighted by atomic mass is 10.2. The van der Waals surface area contributed by atoms with Crippen LogP contribution in [-0.2, 0) is 13.0 Å². The Morgan fingerprint density at radius 2 is 2.20 bits per heavy atom. The smallest absolute Gasteiger partial charge is 0.339 e. The van der Waals surface area contributed by atoms with Crippen molar-refractivity contribution in [1.29, 1.82) is 0 Å². The molecular formula is C12H19F3N4O. The number of likely N-dealkylation sites (N-methyl/N-ethyl adjacent to an activating group) is 1. The fourth-order valence-electron chi connectivity index (χ4n) is 2.42. The molecule has 2 heterocycles. The van der Waals surface area contributed by atoms with Gasteiger partial charge in [0, 0.05) is 25.6 Å². The minimum Gasteiger partial charge on any atom is -0.339 e. The van der Waals surface area contributed by atoms with Crippen LogP contribution in [0.1, 0.15) is 25.1 Å². The summed E-state index contributed by atoms with van der Waals surface area (Å²) >= 11 is 0. The molecule has 8 heteroatoms. The molecule has 20 heavy (non-hydrogen) atoms. The van der Waals surface area contributed by atoms with Gasteiger partial charge in [0.1, 0.15) is 0 Å². The van der Waals surface area contributed by atoms with E-state index < -0.39 is 12.7 Å². The molecule has 1 aliphatic heterocycles. The van der Waals surface area contributed by atoms with Crippen LogP contribution in [0.5, 0.6) is 0 Å². The topological polar surface area (TPSA) is 45.4 Å². The van der Waals surface area contributed by atoms with Gasteiger partial charge in [-0.25, -0.2) is 0 Å². The molecule has 0 amide bonds. The highest BCUT2D eigenvalue weighted by Gasteiger charge is 2.35. The van der Waals surface area contributed by atoms with E-state index in [-0.39, 0.29) is 6.04 Å². The van der Waals surface area contributed by atoms with E-state index in [1.807, 2.05) is 18.9 Å². The van der Waals surface area contributed by atoms with Crippen molar-refractivity contribution in [2.45, 2.75) is 38.5 Å². The summed E-state index contributed by atoms with van der Waals surface area (Å²) in [5, 5.41) is 3.86. The van der Waals surface area contributed by atoms with Gasteiger partial charge < -0.3 is 4.52 Å². The Hall–Kier alpha value is -1.15. The van der Waals surface area contributed by atoms with E-state index in [4.69, 9.17) is 4.52 Å². The van der Waals surface area contributed by atoms with Crippen molar-refractivity contribution >= 4 is 0 Å². The molecule has 1 fully saturated rings. The SMILES string of the molecule is CCc1nc(CN(C)[C@H]2CCN(CC(F)(F)F)C2)no1. The zero-order valence-corrected chi connectivity index (χ0v) is 11.7. The van der Waals surface area contributed by atoms with Gasteiger partial charge in [-0.15, -0.1) is 0 Å². The quantitative estimate of drug-likeness (QED) is 0.826. The average molecular weight is 292 g/mol. The molecule has 0 N–H and O–H groups in total. The zero-order chi connectivity index (χ0) is 14.8. The van der Waals surface area contributed by atoms with Crippen molar-refractivity contribution in [2.75, 3.05) is 26.7 Å².